The minimum absolute atomic E-state index is 0.389. The maximum atomic E-state index is 5.90. The van der Waals surface area contributed by atoms with Crippen molar-refractivity contribution in [3.63, 3.8) is 0 Å². The first-order valence-corrected chi connectivity index (χ1v) is 9.48. The van der Waals surface area contributed by atoms with E-state index in [1.54, 1.807) is 0 Å². The maximum absolute atomic E-state index is 5.90. The van der Waals surface area contributed by atoms with Gasteiger partial charge in [0.15, 0.2) is 5.96 Å². The van der Waals surface area contributed by atoms with Crippen molar-refractivity contribution in [1.82, 2.24) is 10.2 Å². The number of aliphatic imine (C=N–C) groups is 1. The van der Waals surface area contributed by atoms with E-state index in [-0.39, 0.29) is 0 Å². The highest BCUT2D eigenvalue weighted by Crippen LogP contribution is 2.18. The van der Waals surface area contributed by atoms with Gasteiger partial charge in [0.05, 0.1) is 6.10 Å². The van der Waals surface area contributed by atoms with Crippen LogP contribution in [0.1, 0.15) is 38.5 Å². The van der Waals surface area contributed by atoms with Gasteiger partial charge in [0.2, 0.25) is 0 Å². The van der Waals surface area contributed by atoms with E-state index >= 15 is 0 Å². The fourth-order valence-corrected chi connectivity index (χ4v) is 3.27. The van der Waals surface area contributed by atoms with Gasteiger partial charge >= 0.3 is 0 Å². The molecule has 0 aromatic carbocycles. The molecule has 2 saturated heterocycles. The molecule has 0 unspecified atom stereocenters. The van der Waals surface area contributed by atoms with Crippen molar-refractivity contribution >= 4 is 5.96 Å². The SMILES string of the molecule is CN=C(NCCCOC1CCOCC1)N(C)CCC1CCOCC1. The van der Waals surface area contributed by atoms with Crippen molar-refractivity contribution < 1.29 is 14.2 Å². The summed E-state index contributed by atoms with van der Waals surface area (Å²) in [6.45, 7) is 6.28. The molecule has 0 aromatic rings. The maximum Gasteiger partial charge on any atom is 0.193 e. The van der Waals surface area contributed by atoms with Crippen LogP contribution in [0.15, 0.2) is 4.99 Å². The molecule has 0 aliphatic carbocycles. The Hall–Kier alpha value is -0.850. The van der Waals surface area contributed by atoms with Crippen molar-refractivity contribution in [2.45, 2.75) is 44.6 Å². The Balaban J connectivity index is 1.53. The fourth-order valence-electron chi connectivity index (χ4n) is 3.27. The van der Waals surface area contributed by atoms with E-state index in [0.717, 1.165) is 77.3 Å². The average Bonchev–Trinajstić information content (AvgIpc) is 2.64. The van der Waals surface area contributed by atoms with E-state index in [4.69, 9.17) is 14.2 Å². The first-order valence-electron chi connectivity index (χ1n) is 9.48. The highest BCUT2D eigenvalue weighted by Gasteiger charge is 2.16. The molecule has 140 valence electrons. The molecule has 0 saturated carbocycles. The van der Waals surface area contributed by atoms with Gasteiger partial charge in [0.25, 0.3) is 0 Å². The second kappa shape index (κ2) is 11.7. The van der Waals surface area contributed by atoms with Gasteiger partial charge in [-0.3, -0.25) is 4.99 Å². The molecule has 6 heteroatoms. The van der Waals surface area contributed by atoms with Gasteiger partial charge in [-0.05, 0) is 44.4 Å². The quantitative estimate of drug-likeness (QED) is 0.415. The summed E-state index contributed by atoms with van der Waals surface area (Å²) in [7, 11) is 3.97. The Morgan fingerprint density at radius 1 is 1.12 bits per heavy atom. The summed E-state index contributed by atoms with van der Waals surface area (Å²) < 4.78 is 16.7. The summed E-state index contributed by atoms with van der Waals surface area (Å²) in [4.78, 5) is 6.62. The van der Waals surface area contributed by atoms with Gasteiger partial charge in [0.1, 0.15) is 0 Å². The molecule has 2 aliphatic heterocycles. The van der Waals surface area contributed by atoms with E-state index in [1.165, 1.54) is 19.3 Å². The number of rotatable bonds is 8. The molecule has 0 aromatic heterocycles. The molecule has 24 heavy (non-hydrogen) atoms. The van der Waals surface area contributed by atoms with Gasteiger partial charge in [0, 0.05) is 60.2 Å². The average molecular weight is 341 g/mol. The zero-order chi connectivity index (χ0) is 17.0. The molecule has 2 fully saturated rings. The highest BCUT2D eigenvalue weighted by molar-refractivity contribution is 5.79. The number of guanidine groups is 1. The third-order valence-corrected chi connectivity index (χ3v) is 4.91. The molecule has 1 N–H and O–H groups in total. The van der Waals surface area contributed by atoms with Gasteiger partial charge < -0.3 is 24.4 Å². The van der Waals surface area contributed by atoms with Gasteiger partial charge in [-0.1, -0.05) is 0 Å². The summed E-state index contributed by atoms with van der Waals surface area (Å²) in [5.41, 5.74) is 0. The van der Waals surface area contributed by atoms with Crippen molar-refractivity contribution in [1.29, 1.82) is 0 Å². The second-order valence-electron chi connectivity index (χ2n) is 6.78. The van der Waals surface area contributed by atoms with E-state index < -0.39 is 0 Å². The zero-order valence-corrected chi connectivity index (χ0v) is 15.5. The van der Waals surface area contributed by atoms with Crippen molar-refractivity contribution in [2.75, 3.05) is 60.2 Å². The largest absolute Gasteiger partial charge is 0.381 e. The Labute approximate surface area is 146 Å². The van der Waals surface area contributed by atoms with E-state index in [9.17, 15) is 0 Å². The van der Waals surface area contributed by atoms with Gasteiger partial charge in [-0.25, -0.2) is 0 Å². The predicted molar refractivity (Wildman–Crippen MR) is 96.6 cm³/mol. The van der Waals surface area contributed by atoms with Crippen LogP contribution in [0.25, 0.3) is 0 Å². The summed E-state index contributed by atoms with van der Waals surface area (Å²) in [6, 6.07) is 0. The van der Waals surface area contributed by atoms with Crippen LogP contribution in [0.2, 0.25) is 0 Å². The summed E-state index contributed by atoms with van der Waals surface area (Å²) in [6.07, 6.45) is 7.07. The summed E-state index contributed by atoms with van der Waals surface area (Å²) >= 11 is 0. The molecular weight excluding hydrogens is 306 g/mol. The molecule has 0 amide bonds. The normalized spacial score (nSPS) is 21.0. The third kappa shape index (κ3) is 7.36. The highest BCUT2D eigenvalue weighted by atomic mass is 16.5. The number of nitrogens with zero attached hydrogens (tertiary/aromatic N) is 2. The minimum atomic E-state index is 0.389. The molecule has 2 heterocycles. The van der Waals surface area contributed by atoms with Crippen LogP contribution in [-0.4, -0.2) is 77.2 Å². The van der Waals surface area contributed by atoms with E-state index in [1.807, 2.05) is 7.05 Å². The lowest BCUT2D eigenvalue weighted by molar-refractivity contribution is -0.0320. The molecule has 0 radical (unpaired) electrons. The van der Waals surface area contributed by atoms with Gasteiger partial charge in [-0.2, -0.15) is 0 Å². The first kappa shape index (κ1) is 19.5. The Bertz CT molecular complexity index is 353. The Morgan fingerprint density at radius 2 is 1.79 bits per heavy atom. The molecule has 2 aliphatic rings. The van der Waals surface area contributed by atoms with Crippen molar-refractivity contribution in [3.8, 4) is 0 Å². The number of hydrogen-bond donors (Lipinski definition) is 1. The lowest BCUT2D eigenvalue weighted by atomic mass is 9.96. The van der Waals surface area contributed by atoms with Crippen LogP contribution >= 0.6 is 0 Å². The Morgan fingerprint density at radius 3 is 2.46 bits per heavy atom. The third-order valence-electron chi connectivity index (χ3n) is 4.91. The zero-order valence-electron chi connectivity index (χ0n) is 15.5. The topological polar surface area (TPSA) is 55.3 Å². The van der Waals surface area contributed by atoms with Crippen LogP contribution in [0.4, 0.5) is 0 Å². The smallest absolute Gasteiger partial charge is 0.193 e. The van der Waals surface area contributed by atoms with Crippen LogP contribution in [-0.2, 0) is 14.2 Å². The van der Waals surface area contributed by atoms with Crippen molar-refractivity contribution in [3.05, 3.63) is 0 Å². The molecule has 0 atom stereocenters. The van der Waals surface area contributed by atoms with Crippen LogP contribution in [0.5, 0.6) is 0 Å². The fraction of sp³-hybridized carbons (Fsp3) is 0.944. The Kier molecular flexibility index (Phi) is 9.46. The lowest BCUT2D eigenvalue weighted by Gasteiger charge is -2.27. The first-order chi connectivity index (χ1) is 11.8. The van der Waals surface area contributed by atoms with Crippen LogP contribution in [0, 0.1) is 5.92 Å². The molecular formula is C18H35N3O3. The molecule has 2 rings (SSSR count). The van der Waals surface area contributed by atoms with E-state index in [0.29, 0.717) is 6.10 Å². The predicted octanol–water partition coefficient (Wildman–Crippen LogP) is 1.90. The summed E-state index contributed by atoms with van der Waals surface area (Å²) in [5.74, 6) is 1.78. The standard InChI is InChI=1S/C18H35N3O3/c1-19-18(21(2)10-4-16-5-12-22-13-6-16)20-9-3-11-24-17-7-14-23-15-8-17/h16-17H,3-15H2,1-2H3,(H,19,20). The molecule has 0 spiro atoms. The van der Waals surface area contributed by atoms with E-state index in [2.05, 4.69) is 22.3 Å². The monoisotopic (exact) mass is 341 g/mol. The molecule has 6 nitrogen and oxygen atoms in total. The minimum Gasteiger partial charge on any atom is -0.381 e. The lowest BCUT2D eigenvalue weighted by Crippen LogP contribution is -2.40. The number of nitrogens with one attached hydrogen (secondary N) is 1. The number of hydrogen-bond acceptors (Lipinski definition) is 4. The second-order valence-corrected chi connectivity index (χ2v) is 6.78. The number of ether oxygens (including phenoxy) is 3. The molecule has 0 bridgehead atoms. The van der Waals surface area contributed by atoms with Crippen LogP contribution < -0.4 is 5.32 Å². The summed E-state index contributed by atoms with van der Waals surface area (Å²) in [5, 5.41) is 3.44. The van der Waals surface area contributed by atoms with Gasteiger partial charge in [-0.15, -0.1) is 0 Å². The van der Waals surface area contributed by atoms with Crippen LogP contribution in [0.3, 0.4) is 0 Å². The van der Waals surface area contributed by atoms with Crippen molar-refractivity contribution in [2.24, 2.45) is 10.9 Å².